The second-order valence-electron chi connectivity index (χ2n) is 4.72. The smallest absolute Gasteiger partial charge is 0.326 e. The third-order valence-electron chi connectivity index (χ3n) is 3.40. The van der Waals surface area contributed by atoms with Gasteiger partial charge in [0.25, 0.3) is 0 Å². The van der Waals surface area contributed by atoms with Crippen LogP contribution >= 0.6 is 0 Å². The summed E-state index contributed by atoms with van der Waals surface area (Å²) < 4.78 is 39.0. The van der Waals surface area contributed by atoms with Crippen LogP contribution in [0, 0.1) is 6.92 Å². The molecule has 2 aromatic rings. The minimum absolute atomic E-state index is 0.344. The zero-order valence-corrected chi connectivity index (χ0v) is 10.8. The first-order valence-corrected chi connectivity index (χ1v) is 6.22. The van der Waals surface area contributed by atoms with Crippen molar-refractivity contribution in [2.75, 3.05) is 11.4 Å². The summed E-state index contributed by atoms with van der Waals surface area (Å²) in [6.45, 7) is 2.33. The van der Waals surface area contributed by atoms with E-state index in [9.17, 15) is 13.2 Å². The molecule has 1 aromatic carbocycles. The molecule has 104 valence electrons. The first-order valence-electron chi connectivity index (χ1n) is 6.22. The van der Waals surface area contributed by atoms with Crippen LogP contribution in [0.4, 0.5) is 24.7 Å². The summed E-state index contributed by atoms with van der Waals surface area (Å²) in [4.78, 5) is 9.96. The molecule has 2 heterocycles. The van der Waals surface area contributed by atoms with Gasteiger partial charge in [0.15, 0.2) is 0 Å². The van der Waals surface area contributed by atoms with E-state index < -0.39 is 11.7 Å². The number of hydrogen-bond donors (Lipinski definition) is 0. The first-order chi connectivity index (χ1) is 9.47. The lowest BCUT2D eigenvalue weighted by Crippen LogP contribution is -2.15. The highest BCUT2D eigenvalue weighted by Gasteiger charge is 2.36. The summed E-state index contributed by atoms with van der Waals surface area (Å²) in [7, 11) is 0. The normalized spacial score (nSPS) is 14.5. The van der Waals surface area contributed by atoms with Crippen molar-refractivity contribution >= 4 is 11.5 Å². The van der Waals surface area contributed by atoms with Gasteiger partial charge < -0.3 is 4.90 Å². The van der Waals surface area contributed by atoms with Crippen LogP contribution in [0.1, 0.15) is 16.8 Å². The van der Waals surface area contributed by atoms with Crippen LogP contribution < -0.4 is 4.90 Å². The molecule has 20 heavy (non-hydrogen) atoms. The molecule has 0 bridgehead atoms. The number of alkyl halides is 3. The van der Waals surface area contributed by atoms with Crippen molar-refractivity contribution in [3.8, 4) is 0 Å². The van der Waals surface area contributed by atoms with Crippen molar-refractivity contribution in [2.24, 2.45) is 0 Å². The van der Waals surface area contributed by atoms with Crippen molar-refractivity contribution < 1.29 is 13.2 Å². The van der Waals surface area contributed by atoms with Crippen LogP contribution in [-0.2, 0) is 12.6 Å². The molecule has 0 N–H and O–H groups in total. The summed E-state index contributed by atoms with van der Waals surface area (Å²) in [6.07, 6.45) is -2.52. The quantitative estimate of drug-likeness (QED) is 0.800. The Labute approximate surface area is 114 Å². The molecule has 0 unspecified atom stereocenters. The molecular weight excluding hydrogens is 267 g/mol. The van der Waals surface area contributed by atoms with Crippen molar-refractivity contribution in [3.05, 3.63) is 47.4 Å². The number of rotatable bonds is 1. The first kappa shape index (κ1) is 12.9. The molecule has 1 aliphatic heterocycles. The number of hydrogen-bond acceptors (Lipinski definition) is 3. The van der Waals surface area contributed by atoms with Crippen LogP contribution in [0.15, 0.2) is 30.6 Å². The van der Waals surface area contributed by atoms with Gasteiger partial charge in [-0.05, 0) is 31.0 Å². The molecule has 1 aliphatic rings. The van der Waals surface area contributed by atoms with E-state index in [2.05, 4.69) is 9.97 Å². The molecule has 0 amide bonds. The van der Waals surface area contributed by atoms with Gasteiger partial charge in [0, 0.05) is 24.0 Å². The van der Waals surface area contributed by atoms with Gasteiger partial charge in [0.1, 0.15) is 12.1 Å². The van der Waals surface area contributed by atoms with Crippen molar-refractivity contribution in [1.29, 1.82) is 0 Å². The second kappa shape index (κ2) is 4.47. The fourth-order valence-corrected chi connectivity index (χ4v) is 2.53. The van der Waals surface area contributed by atoms with Crippen LogP contribution in [0.2, 0.25) is 0 Å². The van der Waals surface area contributed by atoms with E-state index in [-0.39, 0.29) is 0 Å². The Morgan fingerprint density at radius 1 is 1.20 bits per heavy atom. The van der Waals surface area contributed by atoms with Gasteiger partial charge in [-0.15, -0.1) is 0 Å². The zero-order valence-electron chi connectivity index (χ0n) is 10.8. The molecule has 0 saturated heterocycles. The summed E-state index contributed by atoms with van der Waals surface area (Å²) in [5.41, 5.74) is 1.16. The average molecular weight is 279 g/mol. The number of halogens is 3. The largest absolute Gasteiger partial charge is 0.416 e. The standard InChI is InChI=1S/C14H12F3N3/c1-9-7-13(19-8-18-9)20-6-5-10-11(14(15,16)17)3-2-4-12(10)20/h2-4,7-8H,5-6H2,1H3. The fraction of sp³-hybridized carbons (Fsp3) is 0.286. The zero-order chi connectivity index (χ0) is 14.3. The fourth-order valence-electron chi connectivity index (χ4n) is 2.53. The maximum absolute atomic E-state index is 13.0. The lowest BCUT2D eigenvalue weighted by atomic mass is 10.0. The van der Waals surface area contributed by atoms with E-state index in [1.807, 2.05) is 6.92 Å². The van der Waals surface area contributed by atoms with Crippen LogP contribution in [-0.4, -0.2) is 16.5 Å². The SMILES string of the molecule is Cc1cc(N2CCc3c2cccc3C(F)(F)F)ncn1. The van der Waals surface area contributed by atoms with Crippen molar-refractivity contribution in [3.63, 3.8) is 0 Å². The molecule has 0 fully saturated rings. The summed E-state index contributed by atoms with van der Waals surface area (Å²) >= 11 is 0. The van der Waals surface area contributed by atoms with Gasteiger partial charge in [-0.3, -0.25) is 0 Å². The van der Waals surface area contributed by atoms with Crippen molar-refractivity contribution in [1.82, 2.24) is 9.97 Å². The van der Waals surface area contributed by atoms with E-state index in [0.29, 0.717) is 30.0 Å². The average Bonchev–Trinajstić information content (AvgIpc) is 2.81. The van der Waals surface area contributed by atoms with Gasteiger partial charge >= 0.3 is 6.18 Å². The summed E-state index contributed by atoms with van der Waals surface area (Å²) in [6, 6.07) is 6.05. The Balaban J connectivity index is 2.07. The number of benzene rings is 1. The second-order valence-corrected chi connectivity index (χ2v) is 4.72. The highest BCUT2D eigenvalue weighted by molar-refractivity contribution is 5.69. The lowest BCUT2D eigenvalue weighted by Gasteiger charge is -2.19. The monoisotopic (exact) mass is 279 g/mol. The molecule has 6 heteroatoms. The molecule has 3 rings (SSSR count). The van der Waals surface area contributed by atoms with E-state index in [4.69, 9.17) is 0 Å². The maximum Gasteiger partial charge on any atom is 0.416 e. The summed E-state index contributed by atoms with van der Waals surface area (Å²) in [5.74, 6) is 0.635. The highest BCUT2D eigenvalue weighted by atomic mass is 19.4. The number of nitrogens with zero attached hydrogens (tertiary/aromatic N) is 3. The van der Waals surface area contributed by atoms with Crippen LogP contribution in [0.25, 0.3) is 0 Å². The Bertz CT molecular complexity index is 652. The van der Waals surface area contributed by atoms with Gasteiger partial charge in [-0.1, -0.05) is 6.07 Å². The van der Waals surface area contributed by atoms with Crippen LogP contribution in [0.5, 0.6) is 0 Å². The van der Waals surface area contributed by atoms with Gasteiger partial charge in [0.05, 0.1) is 5.56 Å². The minimum atomic E-state index is -4.32. The molecule has 1 aromatic heterocycles. The third kappa shape index (κ3) is 2.11. The molecule has 0 spiro atoms. The molecule has 3 nitrogen and oxygen atoms in total. The third-order valence-corrected chi connectivity index (χ3v) is 3.40. The predicted octanol–water partition coefficient (Wildman–Crippen LogP) is 3.50. The van der Waals surface area contributed by atoms with E-state index in [1.54, 1.807) is 17.0 Å². The number of aryl methyl sites for hydroxylation is 1. The Kier molecular flexibility index (Phi) is 2.88. The Hall–Kier alpha value is -2.11. The van der Waals surface area contributed by atoms with E-state index >= 15 is 0 Å². The highest BCUT2D eigenvalue weighted by Crippen LogP contribution is 2.41. The summed E-state index contributed by atoms with van der Waals surface area (Å²) in [5, 5.41) is 0. The predicted molar refractivity (Wildman–Crippen MR) is 68.9 cm³/mol. The molecular formula is C14H12F3N3. The van der Waals surface area contributed by atoms with Gasteiger partial charge in [-0.25, -0.2) is 9.97 Å². The molecule has 0 atom stereocenters. The minimum Gasteiger partial charge on any atom is -0.326 e. The molecule has 0 saturated carbocycles. The number of anilines is 2. The topological polar surface area (TPSA) is 29.0 Å². The maximum atomic E-state index is 13.0. The number of aromatic nitrogens is 2. The van der Waals surface area contributed by atoms with Gasteiger partial charge in [0.2, 0.25) is 0 Å². The molecule has 0 aliphatic carbocycles. The number of fused-ring (bicyclic) bond motifs is 1. The van der Waals surface area contributed by atoms with E-state index in [1.165, 1.54) is 12.4 Å². The lowest BCUT2D eigenvalue weighted by molar-refractivity contribution is -0.138. The van der Waals surface area contributed by atoms with Gasteiger partial charge in [-0.2, -0.15) is 13.2 Å². The molecule has 0 radical (unpaired) electrons. The Morgan fingerprint density at radius 3 is 2.70 bits per heavy atom. The Morgan fingerprint density at radius 2 is 2.00 bits per heavy atom. The van der Waals surface area contributed by atoms with Crippen molar-refractivity contribution in [2.45, 2.75) is 19.5 Å². The van der Waals surface area contributed by atoms with Crippen LogP contribution in [0.3, 0.4) is 0 Å². The van der Waals surface area contributed by atoms with E-state index in [0.717, 1.165) is 11.8 Å².